The first kappa shape index (κ1) is 30.6. The predicted molar refractivity (Wildman–Crippen MR) is 175 cm³/mol. The standard InChI is InChI=1S/C15H17IN4O.C15H16IN3O2/c1-15(2)5-3-10-11(8-15)20(19-13(10)14(17)21)12-7-9(16)4-6-18-12;1-15(2)5-3-10-11(8-15)19(18-13(10)14(20)21)12-7-9(16)4-6-17-12/h4,6-7H,3,5,8H2,1-2H3,(H2,17,21);4,6-7H,3,5,8H2,1-2H3,(H,20,21). The third-order valence-corrected chi connectivity index (χ3v) is 9.20. The summed E-state index contributed by atoms with van der Waals surface area (Å²) in [5.74, 6) is -0.00244. The Kier molecular flexibility index (Phi) is 8.49. The quantitative estimate of drug-likeness (QED) is 0.258. The molecule has 0 radical (unpaired) electrons. The minimum absolute atomic E-state index is 0.155. The van der Waals surface area contributed by atoms with Crippen molar-refractivity contribution in [2.75, 3.05) is 0 Å². The highest BCUT2D eigenvalue weighted by molar-refractivity contribution is 14.1. The van der Waals surface area contributed by atoms with Gasteiger partial charge in [0.15, 0.2) is 23.0 Å². The van der Waals surface area contributed by atoms with Crippen molar-refractivity contribution in [3.63, 3.8) is 0 Å². The molecule has 4 heterocycles. The van der Waals surface area contributed by atoms with Crippen molar-refractivity contribution >= 4 is 57.1 Å². The van der Waals surface area contributed by atoms with Crippen molar-refractivity contribution in [2.24, 2.45) is 16.6 Å². The first-order valence-electron chi connectivity index (χ1n) is 13.7. The fraction of sp³-hybridized carbons (Fsp3) is 0.400. The molecule has 1 amide bonds. The summed E-state index contributed by atoms with van der Waals surface area (Å²) in [6, 6.07) is 7.71. The van der Waals surface area contributed by atoms with Crippen LogP contribution in [0.1, 0.15) is 84.0 Å². The number of hydrogen-bond acceptors (Lipinski definition) is 6. The van der Waals surface area contributed by atoms with E-state index in [1.807, 2.05) is 24.3 Å². The second-order valence-corrected chi connectivity index (χ2v) is 14.9. The van der Waals surface area contributed by atoms with E-state index in [1.165, 1.54) is 0 Å². The molecule has 0 saturated carbocycles. The minimum Gasteiger partial charge on any atom is -0.476 e. The number of carbonyl (C=O) groups is 2. The van der Waals surface area contributed by atoms with E-state index in [1.54, 1.807) is 21.8 Å². The molecule has 42 heavy (non-hydrogen) atoms. The molecule has 12 heteroatoms. The van der Waals surface area contributed by atoms with Crippen molar-refractivity contribution in [1.82, 2.24) is 29.5 Å². The molecule has 0 spiro atoms. The third kappa shape index (κ3) is 6.38. The van der Waals surface area contributed by atoms with E-state index < -0.39 is 11.9 Å². The first-order valence-corrected chi connectivity index (χ1v) is 15.9. The molecule has 2 aliphatic carbocycles. The van der Waals surface area contributed by atoms with Gasteiger partial charge < -0.3 is 10.8 Å². The van der Waals surface area contributed by atoms with Gasteiger partial charge in [-0.25, -0.2) is 24.1 Å². The van der Waals surface area contributed by atoms with Crippen LogP contribution in [-0.2, 0) is 25.7 Å². The minimum atomic E-state index is -0.963. The molecule has 10 nitrogen and oxygen atoms in total. The van der Waals surface area contributed by atoms with Gasteiger partial charge in [0.1, 0.15) is 0 Å². The van der Waals surface area contributed by atoms with Gasteiger partial charge in [0.05, 0.1) is 11.4 Å². The maximum absolute atomic E-state index is 11.7. The lowest BCUT2D eigenvalue weighted by Crippen LogP contribution is -2.24. The summed E-state index contributed by atoms with van der Waals surface area (Å²) < 4.78 is 5.63. The first-order chi connectivity index (χ1) is 19.7. The number of hydrogen-bond donors (Lipinski definition) is 2. The van der Waals surface area contributed by atoms with Crippen LogP contribution in [0, 0.1) is 18.0 Å². The zero-order valence-corrected chi connectivity index (χ0v) is 28.3. The van der Waals surface area contributed by atoms with Gasteiger partial charge in [0.25, 0.3) is 5.91 Å². The van der Waals surface area contributed by atoms with E-state index in [-0.39, 0.29) is 16.5 Å². The van der Waals surface area contributed by atoms with Crippen LogP contribution in [-0.4, -0.2) is 46.5 Å². The average molecular weight is 793 g/mol. The molecule has 2 aliphatic rings. The molecule has 0 aliphatic heterocycles. The van der Waals surface area contributed by atoms with Crippen molar-refractivity contribution in [3.8, 4) is 11.6 Å². The molecule has 0 saturated heterocycles. The number of amides is 1. The van der Waals surface area contributed by atoms with Gasteiger partial charge in [-0.3, -0.25) is 4.79 Å². The van der Waals surface area contributed by atoms with Crippen molar-refractivity contribution < 1.29 is 14.7 Å². The number of pyridine rings is 2. The van der Waals surface area contributed by atoms with E-state index in [0.717, 1.165) is 74.0 Å². The van der Waals surface area contributed by atoms with Gasteiger partial charge in [-0.2, -0.15) is 10.2 Å². The highest BCUT2D eigenvalue weighted by Crippen LogP contribution is 2.38. The Morgan fingerprint density at radius 2 is 1.24 bits per heavy atom. The van der Waals surface area contributed by atoms with Gasteiger partial charge in [-0.15, -0.1) is 0 Å². The largest absolute Gasteiger partial charge is 0.476 e. The second kappa shape index (κ2) is 11.7. The molecule has 0 atom stereocenters. The van der Waals surface area contributed by atoms with Crippen molar-refractivity contribution in [1.29, 1.82) is 0 Å². The highest BCUT2D eigenvalue weighted by Gasteiger charge is 2.34. The van der Waals surface area contributed by atoms with Gasteiger partial charge in [-0.05, 0) is 119 Å². The Morgan fingerprint density at radius 3 is 1.64 bits per heavy atom. The summed E-state index contributed by atoms with van der Waals surface area (Å²) in [4.78, 5) is 31.8. The van der Waals surface area contributed by atoms with Crippen LogP contribution in [0.15, 0.2) is 36.7 Å². The Bertz CT molecular complexity index is 1570. The number of rotatable bonds is 4. The monoisotopic (exact) mass is 793 g/mol. The van der Waals surface area contributed by atoms with Crippen molar-refractivity contribution in [3.05, 3.63) is 77.7 Å². The van der Waals surface area contributed by atoms with Crippen LogP contribution >= 0.6 is 45.2 Å². The molecule has 0 unspecified atom stereocenters. The van der Waals surface area contributed by atoms with E-state index in [9.17, 15) is 14.7 Å². The number of aromatic carboxylic acids is 1. The predicted octanol–water partition coefficient (Wildman–Crippen LogP) is 5.57. The summed E-state index contributed by atoms with van der Waals surface area (Å²) in [6.45, 7) is 8.88. The lowest BCUT2D eigenvalue weighted by Gasteiger charge is -2.30. The number of carbonyl (C=O) groups excluding carboxylic acids is 1. The number of carboxylic acids is 1. The number of primary amides is 1. The maximum atomic E-state index is 11.7. The van der Waals surface area contributed by atoms with Gasteiger partial charge in [0, 0.05) is 30.7 Å². The molecule has 4 aromatic rings. The van der Waals surface area contributed by atoms with Gasteiger partial charge >= 0.3 is 5.97 Å². The zero-order valence-electron chi connectivity index (χ0n) is 24.0. The molecule has 0 fully saturated rings. The van der Waals surface area contributed by atoms with Gasteiger partial charge in [0.2, 0.25) is 0 Å². The van der Waals surface area contributed by atoms with E-state index in [2.05, 4.69) is 93.0 Å². The van der Waals surface area contributed by atoms with E-state index in [4.69, 9.17) is 5.73 Å². The van der Waals surface area contributed by atoms with Gasteiger partial charge in [-0.1, -0.05) is 27.7 Å². The zero-order chi connectivity index (χ0) is 30.4. The Hall–Kier alpha value is -2.88. The number of aromatic nitrogens is 6. The molecule has 220 valence electrons. The van der Waals surface area contributed by atoms with E-state index in [0.29, 0.717) is 11.5 Å². The Labute approximate surface area is 271 Å². The fourth-order valence-corrected chi connectivity index (χ4v) is 6.52. The lowest BCUT2D eigenvalue weighted by molar-refractivity contribution is 0.0688. The number of halogens is 2. The highest BCUT2D eigenvalue weighted by atomic mass is 127. The second-order valence-electron chi connectivity index (χ2n) is 12.4. The summed E-state index contributed by atoms with van der Waals surface area (Å²) in [5, 5.41) is 18.2. The molecular weight excluding hydrogens is 760 g/mol. The van der Waals surface area contributed by atoms with Crippen LogP contribution in [0.4, 0.5) is 0 Å². The topological polar surface area (TPSA) is 142 Å². The third-order valence-electron chi connectivity index (χ3n) is 7.86. The molecule has 6 rings (SSSR count). The SMILES string of the molecule is CC1(C)CCc2c(C(=O)O)nn(-c3cc(I)ccn3)c2C1.CC1(C)CCc2c(C(N)=O)nn(-c3cc(I)ccn3)c2C1. The fourth-order valence-electron chi connectivity index (χ4n) is 5.64. The summed E-state index contributed by atoms with van der Waals surface area (Å²) >= 11 is 4.46. The average Bonchev–Trinajstić information content (AvgIpc) is 3.46. The van der Waals surface area contributed by atoms with Crippen molar-refractivity contribution in [2.45, 2.75) is 66.2 Å². The molecular formula is C30H33I2N7O3. The smallest absolute Gasteiger partial charge is 0.356 e. The van der Waals surface area contributed by atoms with Crippen LogP contribution in [0.3, 0.4) is 0 Å². The number of carboxylic acid groups (broad SMARTS) is 1. The summed E-state index contributed by atoms with van der Waals surface area (Å²) in [5.41, 5.74) is 10.3. The Morgan fingerprint density at radius 1 is 0.810 bits per heavy atom. The Balaban J connectivity index is 0.000000168. The summed E-state index contributed by atoms with van der Waals surface area (Å²) in [7, 11) is 0. The molecule has 3 N–H and O–H groups in total. The molecule has 0 bridgehead atoms. The lowest BCUT2D eigenvalue weighted by atomic mass is 9.76. The number of nitrogens with zero attached hydrogens (tertiary/aromatic N) is 6. The van der Waals surface area contributed by atoms with E-state index >= 15 is 0 Å². The van der Waals surface area contributed by atoms with Crippen LogP contribution in [0.5, 0.6) is 0 Å². The van der Waals surface area contributed by atoms with Crippen LogP contribution in [0.25, 0.3) is 11.6 Å². The normalized spacial score (nSPS) is 16.5. The maximum Gasteiger partial charge on any atom is 0.356 e. The molecule has 4 aromatic heterocycles. The number of fused-ring (bicyclic) bond motifs is 2. The summed E-state index contributed by atoms with van der Waals surface area (Å²) in [6.07, 6.45) is 8.77. The van der Waals surface area contributed by atoms with Crippen LogP contribution < -0.4 is 5.73 Å². The van der Waals surface area contributed by atoms with Crippen LogP contribution in [0.2, 0.25) is 0 Å². The number of nitrogens with two attached hydrogens (primary N) is 1. The molecule has 0 aromatic carbocycles.